The molecule has 0 aliphatic rings. The predicted octanol–water partition coefficient (Wildman–Crippen LogP) is 4.06. The van der Waals surface area contributed by atoms with Gasteiger partial charge in [0, 0.05) is 0 Å². The number of rotatable bonds is 2. The molecule has 7 heteroatoms. The molecule has 21 heavy (non-hydrogen) atoms. The van der Waals surface area contributed by atoms with Crippen LogP contribution in [-0.2, 0) is 0 Å². The molecule has 0 atom stereocenters. The van der Waals surface area contributed by atoms with Gasteiger partial charge in [0.25, 0.3) is 0 Å². The van der Waals surface area contributed by atoms with Gasteiger partial charge in [0.05, 0.1) is 5.56 Å². The summed E-state index contributed by atoms with van der Waals surface area (Å²) in [6.45, 7) is 1.47. The van der Waals surface area contributed by atoms with Crippen molar-refractivity contribution in [2.24, 2.45) is 0 Å². The lowest BCUT2D eigenvalue weighted by atomic mass is 9.99. The van der Waals surface area contributed by atoms with Crippen molar-refractivity contribution in [2.75, 3.05) is 0 Å². The van der Waals surface area contributed by atoms with E-state index in [1.54, 1.807) is 0 Å². The number of carbonyl (C=O) groups is 1. The highest BCUT2D eigenvalue weighted by molar-refractivity contribution is 6.09. The van der Waals surface area contributed by atoms with Crippen LogP contribution in [-0.4, -0.2) is 5.78 Å². The Morgan fingerprint density at radius 3 is 1.81 bits per heavy atom. The Kier molecular flexibility index (Phi) is 3.76. The third-order valence-corrected chi connectivity index (χ3v) is 2.80. The fraction of sp³-hybridized carbons (Fsp3) is 0.0714. The molecule has 0 saturated carbocycles. The van der Waals surface area contributed by atoms with Gasteiger partial charge in [-0.1, -0.05) is 11.6 Å². The Bertz CT molecular complexity index is 725. The number of hydrogen-bond acceptors (Lipinski definition) is 1. The van der Waals surface area contributed by atoms with Gasteiger partial charge in [-0.3, -0.25) is 4.79 Å². The lowest BCUT2D eigenvalue weighted by Crippen LogP contribution is -2.15. The molecule has 0 N–H and O–H groups in total. The number of aryl methyl sites for hydroxylation is 1. The van der Waals surface area contributed by atoms with Gasteiger partial charge in [-0.15, -0.1) is 0 Å². The van der Waals surface area contributed by atoms with E-state index in [1.807, 2.05) is 0 Å². The van der Waals surface area contributed by atoms with Gasteiger partial charge in [-0.25, -0.2) is 26.3 Å². The number of hydrogen-bond donors (Lipinski definition) is 0. The lowest BCUT2D eigenvalue weighted by molar-refractivity contribution is 0.102. The summed E-state index contributed by atoms with van der Waals surface area (Å²) in [6.07, 6.45) is 0. The highest BCUT2D eigenvalue weighted by atomic mass is 19.2. The van der Waals surface area contributed by atoms with Crippen LogP contribution in [0.4, 0.5) is 26.3 Å². The quantitative estimate of drug-likeness (QED) is 0.354. The standard InChI is InChI=1S/C14H6F6O/c1-5-2-3-7(15)6(4-5)14(21)8-9(16)11(18)13(20)12(19)10(8)17/h2-4H,1H3. The van der Waals surface area contributed by atoms with Crippen LogP contribution in [0.1, 0.15) is 21.5 Å². The van der Waals surface area contributed by atoms with Crippen molar-refractivity contribution in [3.05, 3.63) is 69.8 Å². The molecular formula is C14H6F6O. The van der Waals surface area contributed by atoms with Gasteiger partial charge in [0.15, 0.2) is 23.3 Å². The van der Waals surface area contributed by atoms with E-state index in [0.717, 1.165) is 12.1 Å². The molecule has 110 valence electrons. The van der Waals surface area contributed by atoms with Crippen molar-refractivity contribution in [2.45, 2.75) is 6.92 Å². The van der Waals surface area contributed by atoms with Crippen LogP contribution < -0.4 is 0 Å². The topological polar surface area (TPSA) is 17.1 Å². The Hall–Kier alpha value is -2.31. The maximum atomic E-state index is 13.5. The summed E-state index contributed by atoms with van der Waals surface area (Å²) >= 11 is 0. The largest absolute Gasteiger partial charge is 0.288 e. The van der Waals surface area contributed by atoms with Crippen LogP contribution in [0.2, 0.25) is 0 Å². The first kappa shape index (κ1) is 15.1. The normalized spacial score (nSPS) is 10.8. The highest BCUT2D eigenvalue weighted by Gasteiger charge is 2.31. The Morgan fingerprint density at radius 2 is 1.29 bits per heavy atom. The second-order valence-electron chi connectivity index (χ2n) is 4.26. The van der Waals surface area contributed by atoms with Crippen LogP contribution in [0.5, 0.6) is 0 Å². The zero-order valence-electron chi connectivity index (χ0n) is 10.4. The smallest absolute Gasteiger partial charge is 0.202 e. The predicted molar refractivity (Wildman–Crippen MR) is 60.8 cm³/mol. The average Bonchev–Trinajstić information content (AvgIpc) is 2.45. The summed E-state index contributed by atoms with van der Waals surface area (Å²) in [5.74, 6) is -14.2. The summed E-state index contributed by atoms with van der Waals surface area (Å²) in [7, 11) is 0. The molecule has 0 radical (unpaired) electrons. The Morgan fingerprint density at radius 1 is 0.810 bits per heavy atom. The fourth-order valence-electron chi connectivity index (χ4n) is 1.75. The zero-order chi connectivity index (χ0) is 15.9. The molecule has 0 saturated heterocycles. The molecule has 0 amide bonds. The van der Waals surface area contributed by atoms with Crippen LogP contribution in [0.15, 0.2) is 18.2 Å². The summed E-state index contributed by atoms with van der Waals surface area (Å²) in [4.78, 5) is 11.9. The Balaban J connectivity index is 2.73. The first-order chi connectivity index (χ1) is 9.75. The van der Waals surface area contributed by atoms with Crippen molar-refractivity contribution in [3.8, 4) is 0 Å². The van der Waals surface area contributed by atoms with Gasteiger partial charge < -0.3 is 0 Å². The van der Waals surface area contributed by atoms with Gasteiger partial charge in [0.1, 0.15) is 11.4 Å². The number of carbonyl (C=O) groups excluding carboxylic acids is 1. The summed E-state index contributed by atoms with van der Waals surface area (Å²) in [5, 5.41) is 0. The van der Waals surface area contributed by atoms with E-state index in [1.165, 1.54) is 13.0 Å². The van der Waals surface area contributed by atoms with E-state index >= 15 is 0 Å². The molecular weight excluding hydrogens is 298 g/mol. The second-order valence-corrected chi connectivity index (χ2v) is 4.26. The number of benzene rings is 2. The second kappa shape index (κ2) is 5.23. The SMILES string of the molecule is Cc1ccc(F)c(C(=O)c2c(F)c(F)c(F)c(F)c2F)c1. The molecule has 0 aliphatic carbocycles. The molecule has 0 aromatic heterocycles. The molecule has 2 aromatic carbocycles. The molecule has 0 heterocycles. The summed E-state index contributed by atoms with van der Waals surface area (Å²) in [6, 6.07) is 3.09. The molecule has 2 aromatic rings. The summed E-state index contributed by atoms with van der Waals surface area (Å²) < 4.78 is 79.5. The van der Waals surface area contributed by atoms with Crippen molar-refractivity contribution >= 4 is 5.78 Å². The molecule has 1 nitrogen and oxygen atoms in total. The van der Waals surface area contributed by atoms with Crippen molar-refractivity contribution in [1.29, 1.82) is 0 Å². The fourth-order valence-corrected chi connectivity index (χ4v) is 1.75. The molecule has 0 aliphatic heterocycles. The number of ketones is 1. The lowest BCUT2D eigenvalue weighted by Gasteiger charge is -2.08. The third-order valence-electron chi connectivity index (χ3n) is 2.80. The minimum absolute atomic E-state index is 0.378. The molecule has 0 fully saturated rings. The van der Waals surface area contributed by atoms with E-state index in [9.17, 15) is 31.1 Å². The highest BCUT2D eigenvalue weighted by Crippen LogP contribution is 2.26. The van der Waals surface area contributed by atoms with Crippen LogP contribution in [0.3, 0.4) is 0 Å². The maximum absolute atomic E-state index is 13.5. The van der Waals surface area contributed by atoms with Crippen LogP contribution in [0.25, 0.3) is 0 Å². The van der Waals surface area contributed by atoms with E-state index in [4.69, 9.17) is 0 Å². The van der Waals surface area contributed by atoms with Gasteiger partial charge in [-0.2, -0.15) is 0 Å². The van der Waals surface area contributed by atoms with E-state index in [0.29, 0.717) is 5.56 Å². The molecule has 0 bridgehead atoms. The third kappa shape index (κ3) is 2.39. The van der Waals surface area contributed by atoms with E-state index in [2.05, 4.69) is 0 Å². The monoisotopic (exact) mass is 304 g/mol. The van der Waals surface area contributed by atoms with Crippen molar-refractivity contribution < 1.29 is 31.1 Å². The first-order valence-corrected chi connectivity index (χ1v) is 5.58. The Labute approximate surface area is 114 Å². The minimum Gasteiger partial charge on any atom is -0.288 e. The zero-order valence-corrected chi connectivity index (χ0v) is 10.4. The van der Waals surface area contributed by atoms with Crippen molar-refractivity contribution in [3.63, 3.8) is 0 Å². The first-order valence-electron chi connectivity index (χ1n) is 5.58. The van der Waals surface area contributed by atoms with E-state index < -0.39 is 51.8 Å². The molecule has 2 rings (SSSR count). The number of halogens is 6. The minimum atomic E-state index is -2.38. The van der Waals surface area contributed by atoms with E-state index in [-0.39, 0.29) is 0 Å². The van der Waals surface area contributed by atoms with Gasteiger partial charge >= 0.3 is 0 Å². The maximum Gasteiger partial charge on any atom is 0.202 e. The summed E-state index contributed by atoms with van der Waals surface area (Å²) in [5.41, 5.74) is -2.09. The van der Waals surface area contributed by atoms with Gasteiger partial charge in [-0.05, 0) is 19.1 Å². The van der Waals surface area contributed by atoms with Crippen LogP contribution >= 0.6 is 0 Å². The average molecular weight is 304 g/mol. The van der Waals surface area contributed by atoms with Crippen molar-refractivity contribution in [1.82, 2.24) is 0 Å². The van der Waals surface area contributed by atoms with Gasteiger partial charge in [0.2, 0.25) is 11.6 Å². The van der Waals surface area contributed by atoms with Crippen LogP contribution in [0, 0.1) is 41.8 Å². The molecule has 0 spiro atoms. The molecule has 0 unspecified atom stereocenters.